The van der Waals surface area contributed by atoms with Gasteiger partial charge in [0.1, 0.15) is 6.26 Å². The van der Waals surface area contributed by atoms with Crippen molar-refractivity contribution in [3.63, 3.8) is 0 Å². The van der Waals surface area contributed by atoms with Gasteiger partial charge in [0.05, 0.1) is 17.8 Å². The first-order valence-corrected chi connectivity index (χ1v) is 5.40. The first-order chi connectivity index (χ1) is 7.70. The average molecular weight is 286 g/mol. The van der Waals surface area contributed by atoms with Gasteiger partial charge < -0.3 is 9.26 Å². The number of halogens is 2. The molecule has 0 atom stereocenters. The first kappa shape index (κ1) is 11.1. The van der Waals surface area contributed by atoms with Crippen LogP contribution < -0.4 is 4.74 Å². The zero-order valence-electron chi connectivity index (χ0n) is 8.54. The van der Waals surface area contributed by atoms with Crippen LogP contribution in [0.4, 0.5) is 4.39 Å². The summed E-state index contributed by atoms with van der Waals surface area (Å²) >= 11 is 3.26. The molecule has 16 heavy (non-hydrogen) atoms. The molecule has 1 heterocycles. The van der Waals surface area contributed by atoms with Crippen molar-refractivity contribution in [1.29, 1.82) is 0 Å². The Labute approximate surface area is 100 Å². The van der Waals surface area contributed by atoms with Crippen LogP contribution in [0.25, 0.3) is 0 Å². The molecule has 0 aliphatic heterocycles. The van der Waals surface area contributed by atoms with E-state index >= 15 is 0 Å². The topological polar surface area (TPSA) is 35.3 Å². The second kappa shape index (κ2) is 4.65. The van der Waals surface area contributed by atoms with Crippen LogP contribution >= 0.6 is 15.9 Å². The van der Waals surface area contributed by atoms with Crippen LogP contribution in [0.2, 0.25) is 0 Å². The van der Waals surface area contributed by atoms with E-state index in [0.29, 0.717) is 10.9 Å². The van der Waals surface area contributed by atoms with Gasteiger partial charge in [0, 0.05) is 12.0 Å². The van der Waals surface area contributed by atoms with E-state index in [1.807, 2.05) is 6.07 Å². The Morgan fingerprint density at radius 3 is 2.81 bits per heavy atom. The Hall–Kier alpha value is -1.36. The van der Waals surface area contributed by atoms with E-state index in [-0.39, 0.29) is 11.6 Å². The van der Waals surface area contributed by atoms with Crippen LogP contribution in [0.15, 0.2) is 33.6 Å². The Morgan fingerprint density at radius 2 is 2.25 bits per heavy atom. The Kier molecular flexibility index (Phi) is 3.24. The molecule has 0 unspecified atom stereocenters. The maximum absolute atomic E-state index is 13.5. The molecule has 0 N–H and O–H groups in total. The number of methoxy groups -OCH3 is 1. The summed E-state index contributed by atoms with van der Waals surface area (Å²) in [5.74, 6) is -0.169. The highest BCUT2D eigenvalue weighted by molar-refractivity contribution is 9.10. The quantitative estimate of drug-likeness (QED) is 0.869. The molecule has 0 saturated carbocycles. The van der Waals surface area contributed by atoms with Crippen molar-refractivity contribution in [3.8, 4) is 5.75 Å². The minimum absolute atomic E-state index is 0.217. The summed E-state index contributed by atoms with van der Waals surface area (Å²) in [6, 6.07) is 3.26. The van der Waals surface area contributed by atoms with E-state index in [9.17, 15) is 4.39 Å². The van der Waals surface area contributed by atoms with Gasteiger partial charge in [0.2, 0.25) is 0 Å². The zero-order chi connectivity index (χ0) is 11.5. The summed E-state index contributed by atoms with van der Waals surface area (Å²) in [6.07, 6.45) is 3.72. The predicted molar refractivity (Wildman–Crippen MR) is 60.0 cm³/mol. The molecule has 0 aliphatic carbocycles. The number of nitrogens with zero attached hydrogens (tertiary/aromatic N) is 1. The van der Waals surface area contributed by atoms with E-state index < -0.39 is 0 Å². The molecule has 0 fully saturated rings. The molecule has 2 aromatic rings. The average Bonchev–Trinajstić information content (AvgIpc) is 2.70. The molecule has 0 aliphatic rings. The van der Waals surface area contributed by atoms with Gasteiger partial charge in [-0.15, -0.1) is 0 Å². The lowest BCUT2D eigenvalue weighted by atomic mass is 10.1. The lowest BCUT2D eigenvalue weighted by Crippen LogP contribution is -1.93. The molecule has 0 bridgehead atoms. The SMILES string of the molecule is COc1c(F)cc(Cc2cnoc2)cc1Br. The van der Waals surface area contributed by atoms with Crippen molar-refractivity contribution in [3.05, 3.63) is 46.0 Å². The third kappa shape index (κ3) is 2.24. The highest BCUT2D eigenvalue weighted by atomic mass is 79.9. The summed E-state index contributed by atoms with van der Waals surface area (Å²) in [5.41, 5.74) is 1.73. The lowest BCUT2D eigenvalue weighted by Gasteiger charge is -2.07. The van der Waals surface area contributed by atoms with Gasteiger partial charge >= 0.3 is 0 Å². The molecule has 0 saturated heterocycles. The van der Waals surface area contributed by atoms with Crippen LogP contribution in [0.1, 0.15) is 11.1 Å². The van der Waals surface area contributed by atoms with Gasteiger partial charge in [-0.3, -0.25) is 0 Å². The Morgan fingerprint density at radius 1 is 1.44 bits per heavy atom. The highest BCUT2D eigenvalue weighted by Crippen LogP contribution is 2.30. The maximum atomic E-state index is 13.5. The summed E-state index contributed by atoms with van der Waals surface area (Å²) in [4.78, 5) is 0. The first-order valence-electron chi connectivity index (χ1n) is 4.61. The van der Waals surface area contributed by atoms with Crippen LogP contribution in [-0.4, -0.2) is 12.3 Å². The fourth-order valence-electron chi connectivity index (χ4n) is 1.46. The largest absolute Gasteiger partial charge is 0.492 e. The maximum Gasteiger partial charge on any atom is 0.168 e. The van der Waals surface area contributed by atoms with Crippen LogP contribution in [0.3, 0.4) is 0 Å². The zero-order valence-corrected chi connectivity index (χ0v) is 10.1. The molecular formula is C11H9BrFNO2. The predicted octanol–water partition coefficient (Wildman–Crippen LogP) is 3.18. The van der Waals surface area contributed by atoms with E-state index in [1.165, 1.54) is 19.4 Å². The molecule has 0 spiro atoms. The molecule has 0 radical (unpaired) electrons. The van der Waals surface area contributed by atoms with Crippen LogP contribution in [0, 0.1) is 5.82 Å². The monoisotopic (exact) mass is 285 g/mol. The number of aromatic nitrogens is 1. The molecule has 0 amide bonds. The molecule has 84 valence electrons. The van der Waals surface area contributed by atoms with Crippen LogP contribution in [0.5, 0.6) is 5.75 Å². The van der Waals surface area contributed by atoms with Gasteiger partial charge in [-0.1, -0.05) is 5.16 Å². The number of hydrogen-bond donors (Lipinski definition) is 0. The lowest BCUT2D eigenvalue weighted by molar-refractivity contribution is 0.383. The smallest absolute Gasteiger partial charge is 0.168 e. The summed E-state index contributed by atoms with van der Waals surface area (Å²) < 4.78 is 23.8. The minimum atomic E-state index is -0.386. The summed E-state index contributed by atoms with van der Waals surface area (Å²) in [6.45, 7) is 0. The fourth-order valence-corrected chi connectivity index (χ4v) is 2.10. The second-order valence-electron chi connectivity index (χ2n) is 3.30. The van der Waals surface area contributed by atoms with Crippen molar-refractivity contribution >= 4 is 15.9 Å². The number of hydrogen-bond acceptors (Lipinski definition) is 3. The van der Waals surface area contributed by atoms with Crippen molar-refractivity contribution < 1.29 is 13.7 Å². The van der Waals surface area contributed by atoms with E-state index in [1.54, 1.807) is 6.20 Å². The summed E-state index contributed by atoms with van der Waals surface area (Å²) in [7, 11) is 1.43. The minimum Gasteiger partial charge on any atom is -0.492 e. The van der Waals surface area contributed by atoms with Gasteiger partial charge in [-0.05, 0) is 33.6 Å². The van der Waals surface area contributed by atoms with Crippen molar-refractivity contribution in [2.24, 2.45) is 0 Å². The van der Waals surface area contributed by atoms with Gasteiger partial charge in [0.15, 0.2) is 11.6 Å². The molecule has 1 aromatic carbocycles. The summed E-state index contributed by atoms with van der Waals surface area (Å²) in [5, 5.41) is 3.59. The van der Waals surface area contributed by atoms with E-state index in [2.05, 4.69) is 21.1 Å². The Bertz CT molecular complexity index is 462. The molecular weight excluding hydrogens is 277 g/mol. The number of benzene rings is 1. The second-order valence-corrected chi connectivity index (χ2v) is 4.16. The van der Waals surface area contributed by atoms with Crippen molar-refractivity contribution in [2.75, 3.05) is 7.11 Å². The molecule has 2 rings (SSSR count). The number of rotatable bonds is 3. The fraction of sp³-hybridized carbons (Fsp3) is 0.182. The molecule has 3 nitrogen and oxygen atoms in total. The van der Waals surface area contributed by atoms with E-state index in [0.717, 1.165) is 11.1 Å². The molecule has 5 heteroatoms. The van der Waals surface area contributed by atoms with Gasteiger partial charge in [-0.2, -0.15) is 0 Å². The third-order valence-corrected chi connectivity index (χ3v) is 2.74. The van der Waals surface area contributed by atoms with Crippen LogP contribution in [-0.2, 0) is 6.42 Å². The number of ether oxygens (including phenoxy) is 1. The standard InChI is InChI=1S/C11H9BrFNO2/c1-15-11-9(12)3-7(4-10(11)13)2-8-5-14-16-6-8/h3-6H,2H2,1H3. The van der Waals surface area contributed by atoms with Crippen molar-refractivity contribution in [2.45, 2.75) is 6.42 Å². The normalized spacial score (nSPS) is 10.4. The van der Waals surface area contributed by atoms with Crippen molar-refractivity contribution in [1.82, 2.24) is 5.16 Å². The van der Waals surface area contributed by atoms with Gasteiger partial charge in [0.25, 0.3) is 0 Å². The van der Waals surface area contributed by atoms with Gasteiger partial charge in [-0.25, -0.2) is 4.39 Å². The van der Waals surface area contributed by atoms with E-state index in [4.69, 9.17) is 9.26 Å². The highest BCUT2D eigenvalue weighted by Gasteiger charge is 2.10. The Balaban J connectivity index is 2.30. The molecule has 1 aromatic heterocycles. The third-order valence-electron chi connectivity index (χ3n) is 2.15.